The molecule has 0 saturated heterocycles. The van der Waals surface area contributed by atoms with Crippen LogP contribution in [0.25, 0.3) is 0 Å². The van der Waals surface area contributed by atoms with Gasteiger partial charge in [0.15, 0.2) is 6.61 Å². The van der Waals surface area contributed by atoms with Gasteiger partial charge in [-0.3, -0.25) is 9.52 Å². The Morgan fingerprint density at radius 3 is 2.32 bits per heavy atom. The van der Waals surface area contributed by atoms with Crippen molar-refractivity contribution < 1.29 is 31.9 Å². The predicted molar refractivity (Wildman–Crippen MR) is 123 cm³/mol. The standard InChI is InChI=1S/C24H23FN2O6S/c1-16(17-6-8-19(25)9-7-17)26-23(28)15-33-24(29)18-4-3-5-22(14-18)34(30,31)27-20-10-12-21(32-2)13-11-20/h3-14,16,27H,15H2,1-2H3,(H,26,28). The zero-order valence-corrected chi connectivity index (χ0v) is 19.3. The van der Waals surface area contributed by atoms with E-state index in [-0.39, 0.29) is 16.3 Å². The molecule has 0 aromatic heterocycles. The van der Waals surface area contributed by atoms with Crippen molar-refractivity contribution >= 4 is 27.6 Å². The lowest BCUT2D eigenvalue weighted by molar-refractivity contribution is -0.124. The van der Waals surface area contributed by atoms with Crippen LogP contribution in [0, 0.1) is 5.82 Å². The van der Waals surface area contributed by atoms with Crippen LogP contribution in [0.3, 0.4) is 0 Å². The lowest BCUT2D eigenvalue weighted by Gasteiger charge is -2.14. The number of hydrogen-bond donors (Lipinski definition) is 2. The molecule has 34 heavy (non-hydrogen) atoms. The Hall–Kier alpha value is -3.92. The van der Waals surface area contributed by atoms with E-state index in [4.69, 9.17) is 9.47 Å². The van der Waals surface area contributed by atoms with Crippen molar-refractivity contribution in [3.63, 3.8) is 0 Å². The van der Waals surface area contributed by atoms with Gasteiger partial charge in [-0.05, 0) is 67.1 Å². The molecule has 8 nitrogen and oxygen atoms in total. The van der Waals surface area contributed by atoms with Gasteiger partial charge in [-0.15, -0.1) is 0 Å². The zero-order valence-electron chi connectivity index (χ0n) is 18.4. The summed E-state index contributed by atoms with van der Waals surface area (Å²) in [6, 6.07) is 16.8. The molecule has 1 amide bonds. The van der Waals surface area contributed by atoms with Crippen LogP contribution in [-0.2, 0) is 19.6 Å². The molecule has 10 heteroatoms. The fourth-order valence-electron chi connectivity index (χ4n) is 3.00. The molecule has 3 aromatic rings. The van der Waals surface area contributed by atoms with Gasteiger partial charge in [0.25, 0.3) is 15.9 Å². The summed E-state index contributed by atoms with van der Waals surface area (Å²) in [7, 11) is -2.47. The summed E-state index contributed by atoms with van der Waals surface area (Å²) in [6.45, 7) is 1.14. The molecule has 0 fully saturated rings. The van der Waals surface area contributed by atoms with E-state index in [1.807, 2.05) is 0 Å². The maximum atomic E-state index is 13.0. The van der Waals surface area contributed by atoms with Gasteiger partial charge in [-0.1, -0.05) is 18.2 Å². The third-order valence-electron chi connectivity index (χ3n) is 4.80. The van der Waals surface area contributed by atoms with E-state index in [0.29, 0.717) is 17.0 Å². The van der Waals surface area contributed by atoms with Gasteiger partial charge in [0.05, 0.1) is 23.6 Å². The second kappa shape index (κ2) is 10.8. The molecule has 0 aliphatic carbocycles. The number of nitrogens with one attached hydrogen (secondary N) is 2. The van der Waals surface area contributed by atoms with Crippen LogP contribution >= 0.6 is 0 Å². The molecule has 3 aromatic carbocycles. The summed E-state index contributed by atoms with van der Waals surface area (Å²) in [5, 5.41) is 2.64. The average Bonchev–Trinajstić information content (AvgIpc) is 2.83. The highest BCUT2D eigenvalue weighted by Crippen LogP contribution is 2.20. The highest BCUT2D eigenvalue weighted by molar-refractivity contribution is 7.92. The van der Waals surface area contributed by atoms with Gasteiger partial charge >= 0.3 is 5.97 Å². The molecule has 0 saturated carbocycles. The Balaban J connectivity index is 1.60. The molecule has 3 rings (SSSR count). The Bertz CT molecular complexity index is 1260. The minimum absolute atomic E-state index is 0.0306. The summed E-state index contributed by atoms with van der Waals surface area (Å²) in [6.07, 6.45) is 0. The molecule has 178 valence electrons. The maximum absolute atomic E-state index is 13.0. The van der Waals surface area contributed by atoms with E-state index < -0.39 is 34.5 Å². The minimum atomic E-state index is -3.97. The normalized spacial score (nSPS) is 11.9. The first-order valence-electron chi connectivity index (χ1n) is 10.2. The van der Waals surface area contributed by atoms with E-state index in [9.17, 15) is 22.4 Å². The van der Waals surface area contributed by atoms with Crippen LogP contribution < -0.4 is 14.8 Å². The number of hydrogen-bond acceptors (Lipinski definition) is 6. The number of carbonyl (C=O) groups is 2. The van der Waals surface area contributed by atoms with Crippen molar-refractivity contribution in [2.75, 3.05) is 18.4 Å². The number of rotatable bonds is 9. The first-order valence-corrected chi connectivity index (χ1v) is 11.6. The molecule has 0 radical (unpaired) electrons. The number of methoxy groups -OCH3 is 1. The van der Waals surface area contributed by atoms with Gasteiger partial charge in [0.2, 0.25) is 0 Å². The summed E-state index contributed by atoms with van der Waals surface area (Å²) in [5.41, 5.74) is 0.973. The highest BCUT2D eigenvalue weighted by atomic mass is 32.2. The van der Waals surface area contributed by atoms with Crippen LogP contribution in [0.1, 0.15) is 28.9 Å². The second-order valence-corrected chi connectivity index (χ2v) is 8.96. The number of anilines is 1. The van der Waals surface area contributed by atoms with Gasteiger partial charge in [-0.2, -0.15) is 0 Å². The number of halogens is 1. The monoisotopic (exact) mass is 486 g/mol. The number of esters is 1. The van der Waals surface area contributed by atoms with E-state index in [1.54, 1.807) is 31.2 Å². The molecular weight excluding hydrogens is 463 g/mol. The second-order valence-electron chi connectivity index (χ2n) is 7.28. The van der Waals surface area contributed by atoms with E-state index in [1.165, 1.54) is 49.6 Å². The van der Waals surface area contributed by atoms with Gasteiger partial charge < -0.3 is 14.8 Å². The predicted octanol–water partition coefficient (Wildman–Crippen LogP) is 3.67. The van der Waals surface area contributed by atoms with Crippen LogP contribution in [0.15, 0.2) is 77.7 Å². The SMILES string of the molecule is COc1ccc(NS(=O)(=O)c2cccc(C(=O)OCC(=O)NC(C)c3ccc(F)cc3)c2)cc1. The third-order valence-corrected chi connectivity index (χ3v) is 6.18. The fourth-order valence-corrected chi connectivity index (χ4v) is 4.10. The van der Waals surface area contributed by atoms with Crippen LogP contribution in [0.2, 0.25) is 0 Å². The first-order chi connectivity index (χ1) is 16.2. The van der Waals surface area contributed by atoms with Crippen molar-refractivity contribution in [1.29, 1.82) is 0 Å². The van der Waals surface area contributed by atoms with Gasteiger partial charge in [-0.25, -0.2) is 17.6 Å². The minimum Gasteiger partial charge on any atom is -0.497 e. The van der Waals surface area contributed by atoms with Crippen molar-refractivity contribution in [3.05, 3.63) is 89.7 Å². The molecule has 0 bridgehead atoms. The Morgan fingerprint density at radius 2 is 1.68 bits per heavy atom. The van der Waals surface area contributed by atoms with Gasteiger partial charge in [0.1, 0.15) is 11.6 Å². The highest BCUT2D eigenvalue weighted by Gasteiger charge is 2.18. The van der Waals surface area contributed by atoms with Crippen LogP contribution in [0.5, 0.6) is 5.75 Å². The van der Waals surface area contributed by atoms with E-state index >= 15 is 0 Å². The third kappa shape index (κ3) is 6.55. The Labute approximate surface area is 196 Å². The van der Waals surface area contributed by atoms with Crippen molar-refractivity contribution in [1.82, 2.24) is 5.32 Å². The molecule has 1 unspecified atom stereocenters. The Kier molecular flexibility index (Phi) is 7.85. The fraction of sp³-hybridized carbons (Fsp3) is 0.167. The number of benzene rings is 3. The van der Waals surface area contributed by atoms with Crippen molar-refractivity contribution in [2.45, 2.75) is 17.9 Å². The summed E-state index contributed by atoms with van der Waals surface area (Å²) in [5.74, 6) is -1.23. The smallest absolute Gasteiger partial charge is 0.338 e. The maximum Gasteiger partial charge on any atom is 0.338 e. The van der Waals surface area contributed by atoms with Crippen LogP contribution in [-0.4, -0.2) is 34.0 Å². The van der Waals surface area contributed by atoms with Crippen LogP contribution in [0.4, 0.5) is 10.1 Å². The van der Waals surface area contributed by atoms with Gasteiger partial charge in [0, 0.05) is 5.69 Å². The molecule has 0 spiro atoms. The lowest BCUT2D eigenvalue weighted by atomic mass is 10.1. The largest absolute Gasteiger partial charge is 0.497 e. The topological polar surface area (TPSA) is 111 Å². The molecule has 0 aliphatic heterocycles. The average molecular weight is 487 g/mol. The number of carbonyl (C=O) groups excluding carboxylic acids is 2. The summed E-state index contributed by atoms with van der Waals surface area (Å²) >= 11 is 0. The molecular formula is C24H23FN2O6S. The van der Waals surface area contributed by atoms with Crippen molar-refractivity contribution in [2.24, 2.45) is 0 Å². The number of sulfonamides is 1. The first kappa shape index (κ1) is 24.7. The molecule has 0 heterocycles. The number of amides is 1. The molecule has 2 N–H and O–H groups in total. The van der Waals surface area contributed by atoms with E-state index in [2.05, 4.69) is 10.0 Å². The lowest BCUT2D eigenvalue weighted by Crippen LogP contribution is -2.31. The summed E-state index contributed by atoms with van der Waals surface area (Å²) < 4.78 is 50.9. The quantitative estimate of drug-likeness (QED) is 0.447. The zero-order chi connectivity index (χ0) is 24.7. The Morgan fingerprint density at radius 1 is 1.00 bits per heavy atom. The van der Waals surface area contributed by atoms with Crippen molar-refractivity contribution in [3.8, 4) is 5.75 Å². The summed E-state index contributed by atoms with van der Waals surface area (Å²) in [4.78, 5) is 24.4. The number of ether oxygens (including phenoxy) is 2. The molecule has 0 aliphatic rings. The van der Waals surface area contributed by atoms with E-state index in [0.717, 1.165) is 6.07 Å². The molecule has 1 atom stereocenters.